The number of benzene rings is 1. The van der Waals surface area contributed by atoms with Gasteiger partial charge in [0.05, 0.1) is 18.3 Å². The molecule has 98 valence electrons. The molecular formula is C13H15BrClNO2. The molecule has 1 saturated heterocycles. The van der Waals surface area contributed by atoms with Crippen molar-refractivity contribution in [1.29, 1.82) is 0 Å². The summed E-state index contributed by atoms with van der Waals surface area (Å²) in [5.74, 6) is 0.0280. The minimum atomic E-state index is 0.0280. The van der Waals surface area contributed by atoms with Gasteiger partial charge in [-0.1, -0.05) is 18.5 Å². The Morgan fingerprint density at radius 3 is 3.06 bits per heavy atom. The minimum Gasteiger partial charge on any atom is -0.375 e. The third-order valence-corrected chi connectivity index (χ3v) is 3.93. The third-order valence-electron chi connectivity index (χ3n) is 3.04. The van der Waals surface area contributed by atoms with E-state index in [9.17, 15) is 4.79 Å². The molecule has 1 unspecified atom stereocenters. The molecule has 1 aromatic rings. The number of hydrogen-bond donors (Lipinski definition) is 0. The van der Waals surface area contributed by atoms with E-state index in [1.165, 1.54) is 0 Å². The third kappa shape index (κ3) is 3.05. The van der Waals surface area contributed by atoms with Crippen LogP contribution in [0.5, 0.6) is 0 Å². The molecule has 0 spiro atoms. The van der Waals surface area contributed by atoms with Gasteiger partial charge in [-0.25, -0.2) is 0 Å². The molecule has 1 aromatic carbocycles. The lowest BCUT2D eigenvalue weighted by atomic mass is 10.1. The number of halogens is 2. The average Bonchev–Trinajstić information content (AvgIpc) is 2.38. The quantitative estimate of drug-likeness (QED) is 0.831. The van der Waals surface area contributed by atoms with Gasteiger partial charge in [0.2, 0.25) is 0 Å². The molecule has 0 saturated carbocycles. The fourth-order valence-electron chi connectivity index (χ4n) is 1.98. The highest BCUT2D eigenvalue weighted by Crippen LogP contribution is 2.23. The van der Waals surface area contributed by atoms with Gasteiger partial charge in [-0.05, 0) is 40.5 Å². The van der Waals surface area contributed by atoms with Gasteiger partial charge in [0.1, 0.15) is 0 Å². The maximum absolute atomic E-state index is 12.4. The Morgan fingerprint density at radius 2 is 2.39 bits per heavy atom. The van der Waals surface area contributed by atoms with Gasteiger partial charge in [0.25, 0.3) is 5.91 Å². The van der Waals surface area contributed by atoms with Crippen LogP contribution in [-0.2, 0) is 4.74 Å². The molecule has 5 heteroatoms. The maximum atomic E-state index is 12.4. The lowest BCUT2D eigenvalue weighted by Crippen LogP contribution is -2.45. The first kappa shape index (κ1) is 13.8. The summed E-state index contributed by atoms with van der Waals surface area (Å²) in [4.78, 5) is 14.2. The van der Waals surface area contributed by atoms with Gasteiger partial charge in [-0.2, -0.15) is 0 Å². The van der Waals surface area contributed by atoms with E-state index in [-0.39, 0.29) is 12.0 Å². The molecule has 1 amide bonds. The summed E-state index contributed by atoms with van der Waals surface area (Å²) in [7, 11) is 0. The van der Waals surface area contributed by atoms with Crippen LogP contribution in [0.15, 0.2) is 22.7 Å². The van der Waals surface area contributed by atoms with Crippen molar-refractivity contribution in [2.75, 3.05) is 19.7 Å². The minimum absolute atomic E-state index is 0.0280. The molecule has 18 heavy (non-hydrogen) atoms. The van der Waals surface area contributed by atoms with Crippen molar-refractivity contribution < 1.29 is 9.53 Å². The van der Waals surface area contributed by atoms with Crippen molar-refractivity contribution >= 4 is 33.4 Å². The molecule has 0 bridgehead atoms. The summed E-state index contributed by atoms with van der Waals surface area (Å²) in [6, 6.07) is 5.23. The highest BCUT2D eigenvalue weighted by Gasteiger charge is 2.25. The second-order valence-electron chi connectivity index (χ2n) is 4.28. The van der Waals surface area contributed by atoms with Crippen LogP contribution in [0.3, 0.4) is 0 Å². The highest BCUT2D eigenvalue weighted by molar-refractivity contribution is 9.10. The Bertz CT molecular complexity index is 453. The van der Waals surface area contributed by atoms with Gasteiger partial charge >= 0.3 is 0 Å². The summed E-state index contributed by atoms with van der Waals surface area (Å²) in [6.07, 6.45) is 1.07. The number of ether oxygens (including phenoxy) is 1. The molecule has 1 fully saturated rings. The highest BCUT2D eigenvalue weighted by atomic mass is 79.9. The van der Waals surface area contributed by atoms with Gasteiger partial charge in [0.15, 0.2) is 0 Å². The molecule has 1 aliphatic heterocycles. The van der Waals surface area contributed by atoms with Crippen molar-refractivity contribution in [3.8, 4) is 0 Å². The SMILES string of the molecule is CCC1CN(C(=O)c2ccc(Cl)cc2Br)CCO1. The maximum Gasteiger partial charge on any atom is 0.255 e. The summed E-state index contributed by atoms with van der Waals surface area (Å²) in [5.41, 5.74) is 0.649. The number of amides is 1. The molecule has 1 heterocycles. The van der Waals surface area contributed by atoms with Crippen LogP contribution in [0.4, 0.5) is 0 Å². The Balaban J connectivity index is 2.15. The summed E-state index contributed by atoms with van der Waals surface area (Å²) < 4.78 is 6.30. The molecule has 1 atom stereocenters. The van der Waals surface area contributed by atoms with Crippen LogP contribution in [0.2, 0.25) is 5.02 Å². The summed E-state index contributed by atoms with van der Waals surface area (Å²) in [5, 5.41) is 0.617. The van der Waals surface area contributed by atoms with Crippen LogP contribution in [0.1, 0.15) is 23.7 Å². The smallest absolute Gasteiger partial charge is 0.255 e. The normalized spacial score (nSPS) is 19.9. The molecule has 0 radical (unpaired) electrons. The zero-order valence-corrected chi connectivity index (χ0v) is 12.5. The van der Waals surface area contributed by atoms with E-state index < -0.39 is 0 Å². The van der Waals surface area contributed by atoms with E-state index >= 15 is 0 Å². The van der Waals surface area contributed by atoms with E-state index in [0.717, 1.165) is 10.9 Å². The zero-order valence-electron chi connectivity index (χ0n) is 10.2. The van der Waals surface area contributed by atoms with Crippen molar-refractivity contribution in [2.45, 2.75) is 19.4 Å². The Kier molecular flexibility index (Phi) is 4.65. The van der Waals surface area contributed by atoms with Gasteiger partial charge in [-0.15, -0.1) is 0 Å². The molecule has 0 aromatic heterocycles. The van der Waals surface area contributed by atoms with Gasteiger partial charge < -0.3 is 9.64 Å². The Morgan fingerprint density at radius 1 is 1.61 bits per heavy atom. The van der Waals surface area contributed by atoms with E-state index in [0.29, 0.717) is 30.3 Å². The average molecular weight is 333 g/mol. The van der Waals surface area contributed by atoms with Crippen LogP contribution >= 0.6 is 27.5 Å². The van der Waals surface area contributed by atoms with Gasteiger partial charge in [0, 0.05) is 22.6 Å². The monoisotopic (exact) mass is 331 g/mol. The van der Waals surface area contributed by atoms with Crippen molar-refractivity contribution in [2.24, 2.45) is 0 Å². The molecular weight excluding hydrogens is 318 g/mol. The number of morpholine rings is 1. The number of nitrogens with zero attached hydrogens (tertiary/aromatic N) is 1. The Hall–Kier alpha value is -0.580. The molecule has 0 aliphatic carbocycles. The first-order chi connectivity index (χ1) is 8.61. The van der Waals surface area contributed by atoms with Crippen LogP contribution < -0.4 is 0 Å². The van der Waals surface area contributed by atoms with E-state index in [2.05, 4.69) is 22.9 Å². The molecule has 2 rings (SSSR count). The largest absolute Gasteiger partial charge is 0.375 e. The molecule has 0 N–H and O–H groups in total. The van der Waals surface area contributed by atoms with Crippen LogP contribution in [0, 0.1) is 0 Å². The summed E-state index contributed by atoms with van der Waals surface area (Å²) in [6.45, 7) is 3.97. The summed E-state index contributed by atoms with van der Waals surface area (Å²) >= 11 is 9.26. The first-order valence-electron chi connectivity index (χ1n) is 5.97. The Labute approximate surface area is 120 Å². The van der Waals surface area contributed by atoms with Crippen LogP contribution in [0.25, 0.3) is 0 Å². The van der Waals surface area contributed by atoms with Gasteiger partial charge in [-0.3, -0.25) is 4.79 Å². The lowest BCUT2D eigenvalue weighted by Gasteiger charge is -2.32. The van der Waals surface area contributed by atoms with E-state index in [1.807, 2.05) is 4.90 Å². The molecule has 3 nitrogen and oxygen atoms in total. The second kappa shape index (κ2) is 6.04. The topological polar surface area (TPSA) is 29.5 Å². The molecule has 1 aliphatic rings. The first-order valence-corrected chi connectivity index (χ1v) is 7.15. The lowest BCUT2D eigenvalue weighted by molar-refractivity contribution is -0.0226. The fraction of sp³-hybridized carbons (Fsp3) is 0.462. The van der Waals surface area contributed by atoms with E-state index in [1.54, 1.807) is 18.2 Å². The fourth-order valence-corrected chi connectivity index (χ4v) is 2.84. The zero-order chi connectivity index (χ0) is 13.1. The van der Waals surface area contributed by atoms with Crippen molar-refractivity contribution in [3.05, 3.63) is 33.3 Å². The standard InChI is InChI=1S/C13H15BrClNO2/c1-2-10-8-16(5-6-18-10)13(17)11-4-3-9(15)7-12(11)14/h3-4,7,10H,2,5-6,8H2,1H3. The van der Waals surface area contributed by atoms with Crippen molar-refractivity contribution in [1.82, 2.24) is 4.90 Å². The van der Waals surface area contributed by atoms with Crippen LogP contribution in [-0.4, -0.2) is 36.6 Å². The number of hydrogen-bond acceptors (Lipinski definition) is 2. The second-order valence-corrected chi connectivity index (χ2v) is 5.57. The predicted octanol–water partition coefficient (Wildman–Crippen LogP) is 3.35. The number of carbonyl (C=O) groups excluding carboxylic acids is 1. The number of rotatable bonds is 2. The predicted molar refractivity (Wildman–Crippen MR) is 75.1 cm³/mol. The van der Waals surface area contributed by atoms with E-state index in [4.69, 9.17) is 16.3 Å². The number of carbonyl (C=O) groups is 1. The van der Waals surface area contributed by atoms with Crippen molar-refractivity contribution in [3.63, 3.8) is 0 Å².